The summed E-state index contributed by atoms with van der Waals surface area (Å²) in [7, 11) is 3.44. The van der Waals surface area contributed by atoms with Crippen molar-refractivity contribution in [2.24, 2.45) is 5.92 Å². The predicted molar refractivity (Wildman–Crippen MR) is 107 cm³/mol. The number of anilines is 1. The van der Waals surface area contributed by atoms with Crippen LogP contribution >= 0.6 is 0 Å². The van der Waals surface area contributed by atoms with Crippen LogP contribution in [0.5, 0.6) is 0 Å². The van der Waals surface area contributed by atoms with Gasteiger partial charge in [0.15, 0.2) is 5.60 Å². The van der Waals surface area contributed by atoms with E-state index in [1.54, 1.807) is 32.8 Å². The number of rotatable bonds is 3. The van der Waals surface area contributed by atoms with Crippen LogP contribution < -0.4 is 10.3 Å². The fraction of sp³-hybridized carbons (Fsp3) is 0.500. The topological polar surface area (TPSA) is 45.3 Å². The molecule has 0 amide bonds. The van der Waals surface area contributed by atoms with E-state index in [0.717, 1.165) is 6.92 Å². The van der Waals surface area contributed by atoms with Crippen LogP contribution in [-0.4, -0.2) is 30.9 Å². The third kappa shape index (κ3) is 3.51. The number of nitrogens with one attached hydrogen (secondary N) is 1. The minimum Gasteiger partial charge on any atom is -0.373 e. The minimum atomic E-state index is -4.62. The van der Waals surface area contributed by atoms with Gasteiger partial charge in [-0.2, -0.15) is 13.2 Å². The van der Waals surface area contributed by atoms with E-state index in [1.807, 2.05) is 0 Å². The number of pyridine rings is 1. The van der Waals surface area contributed by atoms with Gasteiger partial charge in [-0.1, -0.05) is 13.0 Å². The van der Waals surface area contributed by atoms with Gasteiger partial charge in [-0.3, -0.25) is 4.79 Å². The highest BCUT2D eigenvalue weighted by Crippen LogP contribution is 2.58. The number of H-pyrrole nitrogens is 1. The summed E-state index contributed by atoms with van der Waals surface area (Å²) in [6.45, 7) is 5.87. The van der Waals surface area contributed by atoms with Crippen molar-refractivity contribution in [2.75, 3.05) is 19.0 Å². The van der Waals surface area contributed by atoms with Crippen molar-refractivity contribution in [3.8, 4) is 0 Å². The van der Waals surface area contributed by atoms with Crippen LogP contribution in [0.25, 0.3) is 0 Å². The Bertz CT molecular complexity index is 1020. The highest BCUT2D eigenvalue weighted by Gasteiger charge is 2.64. The molecule has 0 bridgehead atoms. The molecule has 1 fully saturated rings. The second kappa shape index (κ2) is 7.41. The maximum Gasteiger partial charge on any atom is 0.417 e. The van der Waals surface area contributed by atoms with E-state index in [4.69, 9.17) is 4.74 Å². The smallest absolute Gasteiger partial charge is 0.373 e. The van der Waals surface area contributed by atoms with Crippen molar-refractivity contribution >= 4 is 5.69 Å². The average molecular weight is 426 g/mol. The molecule has 0 aliphatic carbocycles. The number of ether oxygens (including phenoxy) is 1. The number of aryl methyl sites for hydroxylation is 2. The largest absolute Gasteiger partial charge is 0.417 e. The SMILES string of the molecule is Cc1cc(F)ccc1[C@H]1[C@H](c2cc(=O)c(N(C)C)c(C)[nH]2)O[C@@](C)(C(F)(F)F)[C@H]1C. The summed E-state index contributed by atoms with van der Waals surface area (Å²) < 4.78 is 61.3. The highest BCUT2D eigenvalue weighted by atomic mass is 19.4. The molecule has 1 N–H and O–H groups in total. The first kappa shape index (κ1) is 22.3. The van der Waals surface area contributed by atoms with Crippen LogP contribution in [0.4, 0.5) is 23.2 Å². The molecule has 8 heteroatoms. The standard InChI is InChI=1S/C22H26F4N2O2/c1-11-9-14(23)7-8-15(11)18-12(2)21(4,22(24,25)26)30-20(18)16-10-17(29)19(28(5)6)13(3)27-16/h7-10,12,18,20H,1-6H3,(H,27,29)/t12-,18-,20-,21+/m0/s1. The van der Waals surface area contributed by atoms with Gasteiger partial charge in [0.2, 0.25) is 5.43 Å². The molecule has 1 saturated heterocycles. The fourth-order valence-corrected chi connectivity index (χ4v) is 4.49. The van der Waals surface area contributed by atoms with Gasteiger partial charge in [0.1, 0.15) is 17.6 Å². The Morgan fingerprint density at radius 3 is 2.30 bits per heavy atom. The molecule has 1 aliphatic rings. The Labute approximate surface area is 172 Å². The molecular formula is C22H26F4N2O2. The number of halogens is 4. The third-order valence-electron chi connectivity index (χ3n) is 6.22. The van der Waals surface area contributed by atoms with E-state index in [9.17, 15) is 22.4 Å². The van der Waals surface area contributed by atoms with E-state index in [0.29, 0.717) is 22.5 Å². The van der Waals surface area contributed by atoms with Crippen molar-refractivity contribution in [3.05, 3.63) is 62.8 Å². The van der Waals surface area contributed by atoms with Gasteiger partial charge in [0.05, 0.1) is 0 Å². The lowest BCUT2D eigenvalue weighted by molar-refractivity contribution is -0.275. The van der Waals surface area contributed by atoms with Gasteiger partial charge in [0.25, 0.3) is 0 Å². The maximum atomic E-state index is 14.0. The first-order chi connectivity index (χ1) is 13.8. The van der Waals surface area contributed by atoms with Gasteiger partial charge in [-0.15, -0.1) is 0 Å². The van der Waals surface area contributed by atoms with Gasteiger partial charge >= 0.3 is 6.18 Å². The average Bonchev–Trinajstić information content (AvgIpc) is 2.87. The number of alkyl halides is 3. The summed E-state index contributed by atoms with van der Waals surface area (Å²) in [4.78, 5) is 17.4. The first-order valence-electron chi connectivity index (χ1n) is 9.69. The zero-order chi connectivity index (χ0) is 22.6. The van der Waals surface area contributed by atoms with Gasteiger partial charge in [-0.05, 0) is 44.0 Å². The molecule has 0 spiro atoms. The Morgan fingerprint density at radius 2 is 1.80 bits per heavy atom. The lowest BCUT2D eigenvalue weighted by Gasteiger charge is -2.32. The highest BCUT2D eigenvalue weighted by molar-refractivity contribution is 5.50. The summed E-state index contributed by atoms with van der Waals surface area (Å²) in [6, 6.07) is 5.33. The molecule has 0 radical (unpaired) electrons. The van der Waals surface area contributed by atoms with Crippen LogP contribution in [0.2, 0.25) is 0 Å². The van der Waals surface area contributed by atoms with Crippen molar-refractivity contribution in [1.29, 1.82) is 0 Å². The molecule has 30 heavy (non-hydrogen) atoms. The summed E-state index contributed by atoms with van der Waals surface area (Å²) in [5.41, 5.74) is -0.386. The van der Waals surface area contributed by atoms with Gasteiger partial charge in [0, 0.05) is 43.4 Å². The maximum absolute atomic E-state index is 14.0. The molecule has 1 aromatic heterocycles. The van der Waals surface area contributed by atoms with Gasteiger partial charge in [-0.25, -0.2) is 4.39 Å². The summed E-state index contributed by atoms with van der Waals surface area (Å²) in [6.07, 6.45) is -5.66. The van der Waals surface area contributed by atoms with Crippen molar-refractivity contribution in [3.63, 3.8) is 0 Å². The molecular weight excluding hydrogens is 400 g/mol. The summed E-state index contributed by atoms with van der Waals surface area (Å²) in [5.74, 6) is -2.15. The van der Waals surface area contributed by atoms with Crippen molar-refractivity contribution < 1.29 is 22.3 Å². The van der Waals surface area contributed by atoms with Crippen LogP contribution in [0.3, 0.4) is 0 Å². The van der Waals surface area contributed by atoms with E-state index >= 15 is 0 Å². The normalized spacial score (nSPS) is 26.8. The quantitative estimate of drug-likeness (QED) is 0.702. The molecule has 2 heterocycles. The van der Waals surface area contributed by atoms with Crippen molar-refractivity contribution in [2.45, 2.75) is 51.5 Å². The fourth-order valence-electron chi connectivity index (χ4n) is 4.49. The number of hydrogen-bond acceptors (Lipinski definition) is 3. The lowest BCUT2D eigenvalue weighted by Crippen LogP contribution is -2.46. The number of benzene rings is 1. The predicted octanol–water partition coefficient (Wildman–Crippen LogP) is 5.01. The van der Waals surface area contributed by atoms with Crippen LogP contribution in [0.15, 0.2) is 29.1 Å². The minimum absolute atomic E-state index is 0.275. The summed E-state index contributed by atoms with van der Waals surface area (Å²) >= 11 is 0. The molecule has 0 unspecified atom stereocenters. The number of aromatic nitrogens is 1. The molecule has 3 rings (SSSR count). The third-order valence-corrected chi connectivity index (χ3v) is 6.22. The zero-order valence-corrected chi connectivity index (χ0v) is 17.8. The first-order valence-corrected chi connectivity index (χ1v) is 9.69. The van der Waals surface area contributed by atoms with Crippen LogP contribution in [-0.2, 0) is 4.74 Å². The number of aromatic amines is 1. The molecule has 164 valence electrons. The zero-order valence-electron chi connectivity index (χ0n) is 17.8. The molecule has 0 saturated carbocycles. The molecule has 1 aromatic carbocycles. The Morgan fingerprint density at radius 1 is 1.17 bits per heavy atom. The van der Waals surface area contributed by atoms with Gasteiger partial charge < -0.3 is 14.6 Å². The Kier molecular flexibility index (Phi) is 5.52. The van der Waals surface area contributed by atoms with E-state index in [-0.39, 0.29) is 11.1 Å². The van der Waals surface area contributed by atoms with E-state index < -0.39 is 35.5 Å². The molecule has 4 nitrogen and oxygen atoms in total. The monoisotopic (exact) mass is 426 g/mol. The summed E-state index contributed by atoms with van der Waals surface area (Å²) in [5, 5.41) is 0. The van der Waals surface area contributed by atoms with Crippen molar-refractivity contribution in [1.82, 2.24) is 4.98 Å². The van der Waals surface area contributed by atoms with Crippen LogP contribution in [0.1, 0.15) is 48.4 Å². The number of nitrogens with zero attached hydrogens (tertiary/aromatic N) is 1. The molecule has 2 aromatic rings. The Balaban J connectivity index is 2.21. The second-order valence-electron chi connectivity index (χ2n) is 8.42. The molecule has 1 aliphatic heterocycles. The lowest BCUT2D eigenvalue weighted by atomic mass is 9.75. The van der Waals surface area contributed by atoms with Crippen LogP contribution in [0, 0.1) is 25.6 Å². The Hall–Kier alpha value is -2.35. The second-order valence-corrected chi connectivity index (χ2v) is 8.42. The number of hydrogen-bond donors (Lipinski definition) is 1. The van der Waals surface area contributed by atoms with E-state index in [1.165, 1.54) is 31.2 Å². The molecule has 4 atom stereocenters. The van der Waals surface area contributed by atoms with E-state index in [2.05, 4.69) is 4.98 Å².